The molecule has 0 spiro atoms. The van der Waals surface area contributed by atoms with Gasteiger partial charge in [0.25, 0.3) is 0 Å². The number of hydrogen-bond donors (Lipinski definition) is 1. The molecule has 0 amide bonds. The number of aliphatic hydroxyl groups is 1. The largest absolute Gasteiger partial charge is 0.485 e. The van der Waals surface area contributed by atoms with Crippen molar-refractivity contribution in [2.24, 2.45) is 0 Å². The normalized spacial score (nSPS) is 21.7. The fraction of sp³-hybridized carbons (Fsp3) is 0.647. The Morgan fingerprint density at radius 2 is 1.68 bits per heavy atom. The molecule has 0 atom stereocenters. The molecule has 1 aromatic rings. The van der Waals surface area contributed by atoms with Crippen molar-refractivity contribution in [3.8, 4) is 5.75 Å². The second-order valence-corrected chi connectivity index (χ2v) is 6.14. The molecule has 2 aliphatic rings. The minimum absolute atomic E-state index is 0.143. The Morgan fingerprint density at radius 3 is 2.42 bits per heavy atom. The van der Waals surface area contributed by atoms with Crippen LogP contribution < -0.4 is 4.74 Å². The topological polar surface area (TPSA) is 29.5 Å². The molecular weight excluding hydrogens is 236 g/mol. The number of benzene rings is 1. The van der Waals surface area contributed by atoms with E-state index in [0.717, 1.165) is 18.6 Å². The molecule has 0 saturated heterocycles. The summed E-state index contributed by atoms with van der Waals surface area (Å²) in [7, 11) is 0. The van der Waals surface area contributed by atoms with E-state index >= 15 is 0 Å². The van der Waals surface area contributed by atoms with Gasteiger partial charge in [-0.05, 0) is 74.6 Å². The third-order valence-corrected chi connectivity index (χ3v) is 4.71. The van der Waals surface area contributed by atoms with Crippen LogP contribution in [0.3, 0.4) is 0 Å². The van der Waals surface area contributed by atoms with E-state index < -0.39 is 0 Å². The van der Waals surface area contributed by atoms with Crippen LogP contribution in [-0.4, -0.2) is 17.3 Å². The van der Waals surface area contributed by atoms with Crippen LogP contribution in [0.25, 0.3) is 0 Å². The van der Waals surface area contributed by atoms with Gasteiger partial charge in [-0.15, -0.1) is 0 Å². The number of aliphatic hydroxyl groups excluding tert-OH is 1. The lowest BCUT2D eigenvalue weighted by Crippen LogP contribution is -2.42. The fourth-order valence-electron chi connectivity index (χ4n) is 3.51. The molecule has 1 aromatic carbocycles. The zero-order chi connectivity index (χ0) is 13.1. The summed E-state index contributed by atoms with van der Waals surface area (Å²) >= 11 is 0. The van der Waals surface area contributed by atoms with Crippen molar-refractivity contribution in [3.05, 3.63) is 29.3 Å². The Labute approximate surface area is 115 Å². The third-order valence-electron chi connectivity index (χ3n) is 4.71. The summed E-state index contributed by atoms with van der Waals surface area (Å²) in [6, 6.07) is 6.52. The minimum Gasteiger partial charge on any atom is -0.485 e. The molecule has 2 heteroatoms. The molecule has 1 N–H and O–H groups in total. The molecule has 0 aromatic heterocycles. The van der Waals surface area contributed by atoms with Gasteiger partial charge in [0.1, 0.15) is 11.4 Å². The quantitative estimate of drug-likeness (QED) is 0.899. The van der Waals surface area contributed by atoms with Crippen LogP contribution in [0.15, 0.2) is 18.2 Å². The van der Waals surface area contributed by atoms with Gasteiger partial charge in [-0.2, -0.15) is 0 Å². The molecule has 0 heterocycles. The van der Waals surface area contributed by atoms with Crippen molar-refractivity contribution in [3.63, 3.8) is 0 Å². The Hall–Kier alpha value is -1.02. The Balaban J connectivity index is 1.78. The van der Waals surface area contributed by atoms with Crippen molar-refractivity contribution in [1.82, 2.24) is 0 Å². The highest BCUT2D eigenvalue weighted by Gasteiger charge is 2.33. The standard InChI is InChI=1S/C17H24O2/c18-13-17(10-4-1-5-11-17)19-16-9-8-14-6-2-3-7-15(14)12-16/h8-9,12,18H,1-7,10-11,13H2. The van der Waals surface area contributed by atoms with E-state index in [9.17, 15) is 5.11 Å². The number of fused-ring (bicyclic) bond motifs is 1. The lowest BCUT2D eigenvalue weighted by molar-refractivity contribution is -0.0198. The second-order valence-electron chi connectivity index (χ2n) is 6.14. The molecule has 2 nitrogen and oxygen atoms in total. The molecule has 3 rings (SSSR count). The smallest absolute Gasteiger partial charge is 0.132 e. The molecule has 0 bridgehead atoms. The molecule has 0 aliphatic heterocycles. The maximum atomic E-state index is 9.72. The van der Waals surface area contributed by atoms with Crippen LogP contribution in [0.5, 0.6) is 5.75 Å². The molecule has 0 unspecified atom stereocenters. The summed E-state index contributed by atoms with van der Waals surface area (Å²) in [5.74, 6) is 0.955. The monoisotopic (exact) mass is 260 g/mol. The maximum Gasteiger partial charge on any atom is 0.132 e. The van der Waals surface area contributed by atoms with E-state index in [1.165, 1.54) is 56.1 Å². The average molecular weight is 260 g/mol. The van der Waals surface area contributed by atoms with Crippen LogP contribution in [-0.2, 0) is 12.8 Å². The van der Waals surface area contributed by atoms with Crippen molar-refractivity contribution in [2.75, 3.05) is 6.61 Å². The molecule has 1 fully saturated rings. The molecular formula is C17H24O2. The number of hydrogen-bond acceptors (Lipinski definition) is 2. The van der Waals surface area contributed by atoms with E-state index in [0.29, 0.717) is 0 Å². The lowest BCUT2D eigenvalue weighted by atomic mass is 9.85. The third kappa shape index (κ3) is 2.79. The highest BCUT2D eigenvalue weighted by atomic mass is 16.5. The van der Waals surface area contributed by atoms with Crippen LogP contribution >= 0.6 is 0 Å². The van der Waals surface area contributed by atoms with E-state index in [4.69, 9.17) is 4.74 Å². The summed E-state index contributed by atoms with van der Waals surface area (Å²) in [5, 5.41) is 9.72. The number of rotatable bonds is 3. The van der Waals surface area contributed by atoms with E-state index in [-0.39, 0.29) is 12.2 Å². The van der Waals surface area contributed by atoms with Gasteiger partial charge < -0.3 is 9.84 Å². The fourth-order valence-corrected chi connectivity index (χ4v) is 3.51. The van der Waals surface area contributed by atoms with Gasteiger partial charge in [-0.1, -0.05) is 12.5 Å². The van der Waals surface area contributed by atoms with Gasteiger partial charge in [-0.3, -0.25) is 0 Å². The highest BCUT2D eigenvalue weighted by molar-refractivity contribution is 5.37. The zero-order valence-electron chi connectivity index (χ0n) is 11.7. The summed E-state index contributed by atoms with van der Waals surface area (Å²) in [6.45, 7) is 0.143. The van der Waals surface area contributed by atoms with E-state index in [1.54, 1.807) is 0 Å². The first-order valence-corrected chi connectivity index (χ1v) is 7.73. The SMILES string of the molecule is OCC1(Oc2ccc3c(c2)CCCC3)CCCCC1. The molecule has 1 saturated carbocycles. The Bertz CT molecular complexity index is 433. The minimum atomic E-state index is -0.318. The van der Waals surface area contributed by atoms with Crippen LogP contribution in [0.2, 0.25) is 0 Å². The Kier molecular flexibility index (Phi) is 3.79. The van der Waals surface area contributed by atoms with Crippen LogP contribution in [0.1, 0.15) is 56.1 Å². The van der Waals surface area contributed by atoms with E-state index in [1.807, 2.05) is 0 Å². The van der Waals surface area contributed by atoms with Crippen molar-refractivity contribution >= 4 is 0 Å². The maximum absolute atomic E-state index is 9.72. The molecule has 2 aliphatic carbocycles. The predicted molar refractivity (Wildman–Crippen MR) is 76.6 cm³/mol. The van der Waals surface area contributed by atoms with Gasteiger partial charge in [0, 0.05) is 0 Å². The van der Waals surface area contributed by atoms with Crippen molar-refractivity contribution < 1.29 is 9.84 Å². The van der Waals surface area contributed by atoms with Gasteiger partial charge in [0.05, 0.1) is 6.61 Å². The second kappa shape index (κ2) is 5.54. The predicted octanol–water partition coefficient (Wildman–Crippen LogP) is 3.64. The summed E-state index contributed by atoms with van der Waals surface area (Å²) in [5.41, 5.74) is 2.62. The Morgan fingerprint density at radius 1 is 0.947 bits per heavy atom. The van der Waals surface area contributed by atoms with Crippen LogP contribution in [0.4, 0.5) is 0 Å². The zero-order valence-corrected chi connectivity index (χ0v) is 11.7. The van der Waals surface area contributed by atoms with E-state index in [2.05, 4.69) is 18.2 Å². The van der Waals surface area contributed by atoms with Gasteiger partial charge in [0.15, 0.2) is 0 Å². The van der Waals surface area contributed by atoms with Crippen LogP contribution in [0, 0.1) is 0 Å². The van der Waals surface area contributed by atoms with Crippen molar-refractivity contribution in [1.29, 1.82) is 0 Å². The van der Waals surface area contributed by atoms with Gasteiger partial charge >= 0.3 is 0 Å². The summed E-state index contributed by atoms with van der Waals surface area (Å²) < 4.78 is 6.21. The molecule has 0 radical (unpaired) electrons. The van der Waals surface area contributed by atoms with Gasteiger partial charge in [0.2, 0.25) is 0 Å². The van der Waals surface area contributed by atoms with Gasteiger partial charge in [-0.25, -0.2) is 0 Å². The lowest BCUT2D eigenvalue weighted by Gasteiger charge is -2.36. The first-order chi connectivity index (χ1) is 9.31. The number of ether oxygens (including phenoxy) is 1. The highest BCUT2D eigenvalue weighted by Crippen LogP contribution is 2.34. The summed E-state index contributed by atoms with van der Waals surface area (Å²) in [4.78, 5) is 0. The first kappa shape index (κ1) is 13.0. The molecule has 104 valence electrons. The first-order valence-electron chi connectivity index (χ1n) is 7.73. The van der Waals surface area contributed by atoms with Crippen molar-refractivity contribution in [2.45, 2.75) is 63.4 Å². The average Bonchev–Trinajstić information content (AvgIpc) is 2.48. The summed E-state index contributed by atoms with van der Waals surface area (Å²) in [6.07, 6.45) is 10.6. The number of aryl methyl sites for hydroxylation is 2. The molecule has 19 heavy (non-hydrogen) atoms.